The zero-order chi connectivity index (χ0) is 21.8. The van der Waals surface area contributed by atoms with Gasteiger partial charge >= 0.3 is 5.97 Å². The monoisotopic (exact) mass is 410 g/mol. The summed E-state index contributed by atoms with van der Waals surface area (Å²) < 4.78 is 10.3. The van der Waals surface area contributed by atoms with E-state index in [1.807, 2.05) is 0 Å². The number of aromatic hydroxyl groups is 1. The van der Waals surface area contributed by atoms with Crippen LogP contribution in [0, 0.1) is 10.1 Å². The lowest BCUT2D eigenvalue weighted by Crippen LogP contribution is -2.30. The van der Waals surface area contributed by atoms with Crippen molar-refractivity contribution in [1.29, 1.82) is 0 Å². The lowest BCUT2D eigenvalue weighted by molar-refractivity contribution is -0.384. The van der Waals surface area contributed by atoms with Gasteiger partial charge in [0.05, 0.1) is 17.7 Å². The maximum absolute atomic E-state index is 12.5. The van der Waals surface area contributed by atoms with Crippen LogP contribution in [-0.4, -0.2) is 35.1 Å². The summed E-state index contributed by atoms with van der Waals surface area (Å²) in [5, 5.41) is 25.0. The molecule has 9 heteroatoms. The van der Waals surface area contributed by atoms with Crippen LogP contribution in [0.5, 0.6) is 11.5 Å². The van der Waals surface area contributed by atoms with Crippen molar-refractivity contribution in [3.05, 3.63) is 70.3 Å². The molecule has 0 saturated heterocycles. The largest absolute Gasteiger partial charge is 0.507 e. The third-order valence-corrected chi connectivity index (χ3v) is 4.39. The average molecular weight is 410 g/mol. The zero-order valence-electron chi connectivity index (χ0n) is 16.1. The van der Waals surface area contributed by atoms with Gasteiger partial charge in [0, 0.05) is 12.1 Å². The van der Waals surface area contributed by atoms with Gasteiger partial charge in [-0.25, -0.2) is 4.79 Å². The Bertz CT molecular complexity index is 1140. The molecule has 0 fully saturated rings. The number of amides is 1. The van der Waals surface area contributed by atoms with E-state index in [0.717, 1.165) is 16.8 Å². The van der Waals surface area contributed by atoms with Gasteiger partial charge in [-0.05, 0) is 35.9 Å². The number of hydrogen-bond acceptors (Lipinski definition) is 7. The quantitative estimate of drug-likeness (QED) is 0.361. The Morgan fingerprint density at radius 2 is 1.77 bits per heavy atom. The van der Waals surface area contributed by atoms with E-state index in [0.29, 0.717) is 0 Å². The molecule has 0 heterocycles. The molecular weight excluding hydrogens is 392 g/mol. The van der Waals surface area contributed by atoms with Gasteiger partial charge < -0.3 is 19.9 Å². The van der Waals surface area contributed by atoms with Crippen LogP contribution < -0.4 is 10.1 Å². The zero-order valence-corrected chi connectivity index (χ0v) is 16.1. The van der Waals surface area contributed by atoms with Gasteiger partial charge in [-0.1, -0.05) is 24.3 Å². The summed E-state index contributed by atoms with van der Waals surface area (Å²) in [5.74, 6) is -1.67. The van der Waals surface area contributed by atoms with E-state index in [1.54, 1.807) is 24.3 Å². The number of benzene rings is 3. The fourth-order valence-corrected chi connectivity index (χ4v) is 2.81. The molecule has 30 heavy (non-hydrogen) atoms. The Morgan fingerprint density at radius 1 is 1.10 bits per heavy atom. The lowest BCUT2D eigenvalue weighted by atomic mass is 10.1. The number of rotatable bonds is 6. The lowest BCUT2D eigenvalue weighted by Gasteiger charge is -2.15. The molecule has 9 nitrogen and oxygen atoms in total. The van der Waals surface area contributed by atoms with Gasteiger partial charge in [-0.3, -0.25) is 14.9 Å². The summed E-state index contributed by atoms with van der Waals surface area (Å²) >= 11 is 0. The molecule has 0 aliphatic carbocycles. The van der Waals surface area contributed by atoms with Crippen molar-refractivity contribution in [1.82, 2.24) is 0 Å². The molecule has 0 bridgehead atoms. The van der Waals surface area contributed by atoms with Crippen molar-refractivity contribution >= 4 is 34.0 Å². The van der Waals surface area contributed by atoms with E-state index in [4.69, 9.17) is 9.47 Å². The maximum Gasteiger partial charge on any atom is 0.342 e. The highest BCUT2D eigenvalue weighted by molar-refractivity contribution is 6.01. The third kappa shape index (κ3) is 4.30. The van der Waals surface area contributed by atoms with Crippen LogP contribution in [0.2, 0.25) is 0 Å². The van der Waals surface area contributed by atoms with E-state index >= 15 is 0 Å². The minimum absolute atomic E-state index is 0.0631. The van der Waals surface area contributed by atoms with Crippen LogP contribution in [0.15, 0.2) is 54.6 Å². The number of methoxy groups -OCH3 is 1. The number of hydrogen-bond donors (Lipinski definition) is 2. The molecule has 1 atom stereocenters. The van der Waals surface area contributed by atoms with Crippen LogP contribution in [0.3, 0.4) is 0 Å². The molecule has 3 aromatic rings. The number of nitro benzene ring substituents is 1. The fourth-order valence-electron chi connectivity index (χ4n) is 2.81. The molecule has 0 aliphatic heterocycles. The van der Waals surface area contributed by atoms with Gasteiger partial charge in [0.2, 0.25) is 0 Å². The molecule has 154 valence electrons. The number of esters is 1. The highest BCUT2D eigenvalue weighted by Crippen LogP contribution is 2.29. The molecule has 0 unspecified atom stereocenters. The minimum atomic E-state index is -1.24. The predicted molar refractivity (Wildman–Crippen MR) is 109 cm³/mol. The summed E-state index contributed by atoms with van der Waals surface area (Å²) in [6.45, 7) is 1.34. The fraction of sp³-hybridized carbons (Fsp3) is 0.143. The topological polar surface area (TPSA) is 128 Å². The van der Waals surface area contributed by atoms with E-state index < -0.39 is 22.9 Å². The molecular formula is C21H18N2O7. The number of phenolic OH excluding ortho intramolecular Hbond substituents is 1. The number of phenols is 1. The number of carbonyl (C=O) groups excluding carboxylic acids is 2. The first-order valence-electron chi connectivity index (χ1n) is 8.86. The van der Waals surface area contributed by atoms with Crippen molar-refractivity contribution in [2.75, 3.05) is 12.4 Å². The second-order valence-electron chi connectivity index (χ2n) is 6.39. The number of nitrogens with zero attached hydrogens (tertiary/aromatic N) is 1. The van der Waals surface area contributed by atoms with Gasteiger partial charge in [0.1, 0.15) is 17.1 Å². The number of ether oxygens (including phenoxy) is 2. The van der Waals surface area contributed by atoms with Crippen LogP contribution in [-0.2, 0) is 9.53 Å². The van der Waals surface area contributed by atoms with E-state index in [2.05, 4.69) is 5.32 Å². The standard InChI is InChI=1S/C21H18N2O7/c1-12(20(25)22-17-11-15(23(27)28)7-8-19(17)29-2)30-21(26)16-9-13-5-3-4-6-14(13)10-18(16)24/h3-12,24H,1-2H3,(H,22,25)/t12-/m1/s1. The first-order chi connectivity index (χ1) is 14.3. The van der Waals surface area contributed by atoms with E-state index in [-0.39, 0.29) is 28.4 Å². The molecule has 2 N–H and O–H groups in total. The number of anilines is 1. The Kier molecular flexibility index (Phi) is 5.82. The van der Waals surface area contributed by atoms with Crippen molar-refractivity contribution in [3.8, 4) is 11.5 Å². The average Bonchev–Trinajstić information content (AvgIpc) is 2.72. The molecule has 3 aromatic carbocycles. The summed E-state index contributed by atoms with van der Waals surface area (Å²) in [6, 6.07) is 13.8. The van der Waals surface area contributed by atoms with Crippen LogP contribution in [0.1, 0.15) is 17.3 Å². The SMILES string of the molecule is COc1ccc([N+](=O)[O-])cc1NC(=O)[C@@H](C)OC(=O)c1cc2ccccc2cc1O. The molecule has 0 spiro atoms. The molecule has 0 saturated carbocycles. The molecule has 1 amide bonds. The first-order valence-corrected chi connectivity index (χ1v) is 8.86. The van der Waals surface area contributed by atoms with E-state index in [1.165, 1.54) is 38.3 Å². The second-order valence-corrected chi connectivity index (χ2v) is 6.39. The molecule has 0 aliphatic rings. The molecule has 0 aromatic heterocycles. The first kappa shape index (κ1) is 20.6. The third-order valence-electron chi connectivity index (χ3n) is 4.39. The van der Waals surface area contributed by atoms with Crippen molar-refractivity contribution in [2.24, 2.45) is 0 Å². The summed E-state index contributed by atoms with van der Waals surface area (Å²) in [6.07, 6.45) is -1.24. The summed E-state index contributed by atoms with van der Waals surface area (Å²) in [4.78, 5) is 35.3. The minimum Gasteiger partial charge on any atom is -0.507 e. The summed E-state index contributed by atoms with van der Waals surface area (Å²) in [5.41, 5.74) is -0.258. The van der Waals surface area contributed by atoms with Crippen molar-refractivity contribution in [3.63, 3.8) is 0 Å². The Labute approximate surface area is 171 Å². The Morgan fingerprint density at radius 3 is 2.40 bits per heavy atom. The Balaban J connectivity index is 1.76. The van der Waals surface area contributed by atoms with Crippen LogP contribution in [0.25, 0.3) is 10.8 Å². The smallest absolute Gasteiger partial charge is 0.342 e. The number of nitro groups is 1. The number of nitrogens with one attached hydrogen (secondary N) is 1. The molecule has 0 radical (unpaired) electrons. The summed E-state index contributed by atoms with van der Waals surface area (Å²) in [7, 11) is 1.35. The number of non-ortho nitro benzene ring substituents is 1. The molecule has 3 rings (SSSR count). The van der Waals surface area contributed by atoms with Gasteiger partial charge in [0.15, 0.2) is 6.10 Å². The number of fused-ring (bicyclic) bond motifs is 1. The van der Waals surface area contributed by atoms with Gasteiger partial charge in [0.25, 0.3) is 11.6 Å². The normalized spacial score (nSPS) is 11.5. The van der Waals surface area contributed by atoms with Crippen molar-refractivity contribution < 1.29 is 29.1 Å². The maximum atomic E-state index is 12.5. The second kappa shape index (κ2) is 8.48. The van der Waals surface area contributed by atoms with Crippen molar-refractivity contribution in [2.45, 2.75) is 13.0 Å². The Hall–Kier alpha value is -4.14. The highest BCUT2D eigenvalue weighted by atomic mass is 16.6. The number of carbonyl (C=O) groups is 2. The highest BCUT2D eigenvalue weighted by Gasteiger charge is 2.23. The van der Waals surface area contributed by atoms with Crippen LogP contribution >= 0.6 is 0 Å². The predicted octanol–water partition coefficient (Wildman–Crippen LogP) is 3.65. The van der Waals surface area contributed by atoms with E-state index in [9.17, 15) is 24.8 Å². The van der Waals surface area contributed by atoms with Crippen LogP contribution in [0.4, 0.5) is 11.4 Å². The van der Waals surface area contributed by atoms with Gasteiger partial charge in [-0.2, -0.15) is 0 Å². The van der Waals surface area contributed by atoms with Gasteiger partial charge in [-0.15, -0.1) is 0 Å².